The summed E-state index contributed by atoms with van der Waals surface area (Å²) in [7, 11) is 0. The van der Waals surface area contributed by atoms with Gasteiger partial charge < -0.3 is 5.11 Å². The molecule has 2 atom stereocenters. The Labute approximate surface area is 105 Å². The Kier molecular flexibility index (Phi) is 3.99. The first-order chi connectivity index (χ1) is 7.25. The zero-order chi connectivity index (χ0) is 10.7. The minimum atomic E-state index is -0.128. The molecule has 1 aromatic carbocycles. The standard InChI is InChI=1S/C12H16INO/c13-14-7-6-12(15)11(9-14)8-10-4-2-1-3-5-10/h1-5,11-12,15H,6-9H2. The lowest BCUT2D eigenvalue weighted by molar-refractivity contribution is 0.0614. The molecule has 3 heteroatoms. The third-order valence-electron chi connectivity index (χ3n) is 2.98. The molecule has 0 aliphatic carbocycles. The number of hydrogen-bond acceptors (Lipinski definition) is 2. The van der Waals surface area contributed by atoms with Crippen molar-refractivity contribution in [3.8, 4) is 0 Å². The summed E-state index contributed by atoms with van der Waals surface area (Å²) in [5.74, 6) is 0.387. The fraction of sp³-hybridized carbons (Fsp3) is 0.500. The summed E-state index contributed by atoms with van der Waals surface area (Å²) in [5, 5.41) is 9.92. The maximum absolute atomic E-state index is 9.92. The molecule has 2 unspecified atom stereocenters. The predicted octanol–water partition coefficient (Wildman–Crippen LogP) is 2.26. The second-order valence-electron chi connectivity index (χ2n) is 4.17. The van der Waals surface area contributed by atoms with Gasteiger partial charge in [0.15, 0.2) is 0 Å². The number of nitrogens with zero attached hydrogens (tertiary/aromatic N) is 1. The molecule has 2 rings (SSSR count). The van der Waals surface area contributed by atoms with E-state index in [4.69, 9.17) is 0 Å². The van der Waals surface area contributed by atoms with Crippen LogP contribution in [-0.2, 0) is 6.42 Å². The van der Waals surface area contributed by atoms with Gasteiger partial charge in [0.25, 0.3) is 0 Å². The predicted molar refractivity (Wildman–Crippen MR) is 69.9 cm³/mol. The zero-order valence-electron chi connectivity index (χ0n) is 8.64. The van der Waals surface area contributed by atoms with Crippen LogP contribution in [0.5, 0.6) is 0 Å². The fourth-order valence-electron chi connectivity index (χ4n) is 2.09. The average Bonchev–Trinajstić information content (AvgIpc) is 2.25. The van der Waals surface area contributed by atoms with Crippen LogP contribution in [0.3, 0.4) is 0 Å². The van der Waals surface area contributed by atoms with Gasteiger partial charge in [-0.1, -0.05) is 30.3 Å². The van der Waals surface area contributed by atoms with E-state index in [1.807, 2.05) is 6.07 Å². The lowest BCUT2D eigenvalue weighted by atomic mass is 9.90. The fourth-order valence-corrected chi connectivity index (χ4v) is 2.88. The molecule has 1 aromatic rings. The Morgan fingerprint density at radius 2 is 2.07 bits per heavy atom. The second kappa shape index (κ2) is 5.27. The first-order valence-corrected chi connectivity index (χ1v) is 6.35. The highest BCUT2D eigenvalue weighted by atomic mass is 127. The van der Waals surface area contributed by atoms with Crippen molar-refractivity contribution >= 4 is 22.9 Å². The zero-order valence-corrected chi connectivity index (χ0v) is 10.8. The summed E-state index contributed by atoms with van der Waals surface area (Å²) in [5.41, 5.74) is 1.33. The van der Waals surface area contributed by atoms with Crippen molar-refractivity contribution in [1.82, 2.24) is 3.11 Å². The molecule has 0 spiro atoms. The molecule has 1 N–H and O–H groups in total. The highest BCUT2D eigenvalue weighted by Crippen LogP contribution is 2.23. The molecule has 0 aromatic heterocycles. The summed E-state index contributed by atoms with van der Waals surface area (Å²) in [6, 6.07) is 10.4. The quantitative estimate of drug-likeness (QED) is 0.668. The SMILES string of the molecule is OC1CCN(I)CC1Cc1ccccc1. The second-order valence-corrected chi connectivity index (χ2v) is 5.54. The summed E-state index contributed by atoms with van der Waals surface area (Å²) in [6.45, 7) is 2.00. The molecule has 82 valence electrons. The van der Waals surface area contributed by atoms with Gasteiger partial charge in [-0.2, -0.15) is 0 Å². The minimum Gasteiger partial charge on any atom is -0.393 e. The van der Waals surface area contributed by atoms with Crippen molar-refractivity contribution in [2.75, 3.05) is 13.1 Å². The first kappa shape index (κ1) is 11.4. The topological polar surface area (TPSA) is 23.5 Å². The van der Waals surface area contributed by atoms with E-state index in [9.17, 15) is 5.11 Å². The Morgan fingerprint density at radius 1 is 1.33 bits per heavy atom. The third kappa shape index (κ3) is 3.16. The third-order valence-corrected chi connectivity index (χ3v) is 3.86. The van der Waals surface area contributed by atoms with Crippen molar-refractivity contribution in [2.24, 2.45) is 5.92 Å². The van der Waals surface area contributed by atoms with Crippen LogP contribution < -0.4 is 0 Å². The molecular formula is C12H16INO. The van der Waals surface area contributed by atoms with Crippen LogP contribution in [-0.4, -0.2) is 27.4 Å². The van der Waals surface area contributed by atoms with E-state index in [0.717, 1.165) is 25.9 Å². The van der Waals surface area contributed by atoms with Crippen molar-refractivity contribution in [3.05, 3.63) is 35.9 Å². The number of piperidine rings is 1. The maximum Gasteiger partial charge on any atom is 0.0596 e. The number of halogens is 1. The van der Waals surface area contributed by atoms with Crippen molar-refractivity contribution in [1.29, 1.82) is 0 Å². The van der Waals surface area contributed by atoms with Crippen LogP contribution in [0, 0.1) is 5.92 Å². The van der Waals surface area contributed by atoms with E-state index in [2.05, 4.69) is 50.2 Å². The van der Waals surface area contributed by atoms with Gasteiger partial charge >= 0.3 is 0 Å². The molecule has 1 aliphatic rings. The van der Waals surface area contributed by atoms with Crippen LogP contribution in [0.2, 0.25) is 0 Å². The van der Waals surface area contributed by atoms with Gasteiger partial charge in [0, 0.05) is 41.9 Å². The number of hydrogen-bond donors (Lipinski definition) is 1. The van der Waals surface area contributed by atoms with Gasteiger partial charge in [-0.05, 0) is 18.4 Å². The van der Waals surface area contributed by atoms with E-state index in [-0.39, 0.29) is 6.10 Å². The van der Waals surface area contributed by atoms with Crippen LogP contribution in [0.15, 0.2) is 30.3 Å². The Morgan fingerprint density at radius 3 is 2.80 bits per heavy atom. The van der Waals surface area contributed by atoms with Gasteiger partial charge in [-0.3, -0.25) is 0 Å². The van der Waals surface area contributed by atoms with Gasteiger partial charge in [0.2, 0.25) is 0 Å². The number of aliphatic hydroxyl groups is 1. The summed E-state index contributed by atoms with van der Waals surface area (Å²) in [4.78, 5) is 0. The summed E-state index contributed by atoms with van der Waals surface area (Å²) >= 11 is 2.35. The normalized spacial score (nSPS) is 27.9. The van der Waals surface area contributed by atoms with Crippen molar-refractivity contribution in [3.63, 3.8) is 0 Å². The molecular weight excluding hydrogens is 301 g/mol. The Balaban J connectivity index is 1.98. The van der Waals surface area contributed by atoms with Crippen LogP contribution in [0.1, 0.15) is 12.0 Å². The molecule has 15 heavy (non-hydrogen) atoms. The van der Waals surface area contributed by atoms with Gasteiger partial charge in [-0.25, -0.2) is 3.11 Å². The van der Waals surface area contributed by atoms with Crippen molar-refractivity contribution < 1.29 is 5.11 Å². The van der Waals surface area contributed by atoms with E-state index < -0.39 is 0 Å². The molecule has 0 radical (unpaired) electrons. The number of aliphatic hydroxyl groups excluding tert-OH is 1. The Bertz CT molecular complexity index is 304. The van der Waals surface area contributed by atoms with E-state index in [0.29, 0.717) is 5.92 Å². The summed E-state index contributed by atoms with van der Waals surface area (Å²) < 4.78 is 2.28. The highest BCUT2D eigenvalue weighted by Gasteiger charge is 2.26. The monoisotopic (exact) mass is 317 g/mol. The number of rotatable bonds is 2. The molecule has 0 amide bonds. The molecule has 1 saturated heterocycles. The van der Waals surface area contributed by atoms with Crippen LogP contribution in [0.4, 0.5) is 0 Å². The first-order valence-electron chi connectivity index (χ1n) is 5.38. The van der Waals surface area contributed by atoms with Gasteiger partial charge in [0.1, 0.15) is 0 Å². The van der Waals surface area contributed by atoms with E-state index >= 15 is 0 Å². The molecule has 0 saturated carbocycles. The molecule has 1 fully saturated rings. The molecule has 1 aliphatic heterocycles. The van der Waals surface area contributed by atoms with Gasteiger partial charge in [0.05, 0.1) is 6.10 Å². The average molecular weight is 317 g/mol. The van der Waals surface area contributed by atoms with Crippen molar-refractivity contribution in [2.45, 2.75) is 18.9 Å². The lowest BCUT2D eigenvalue weighted by Crippen LogP contribution is -2.39. The van der Waals surface area contributed by atoms with Crippen LogP contribution >= 0.6 is 22.9 Å². The van der Waals surface area contributed by atoms with E-state index in [1.54, 1.807) is 0 Å². The molecule has 2 nitrogen and oxygen atoms in total. The molecule has 0 bridgehead atoms. The van der Waals surface area contributed by atoms with Gasteiger partial charge in [-0.15, -0.1) is 0 Å². The summed E-state index contributed by atoms with van der Waals surface area (Å²) in [6.07, 6.45) is 1.76. The number of benzene rings is 1. The van der Waals surface area contributed by atoms with Crippen LogP contribution in [0.25, 0.3) is 0 Å². The lowest BCUT2D eigenvalue weighted by Gasteiger charge is -2.32. The largest absolute Gasteiger partial charge is 0.393 e. The maximum atomic E-state index is 9.92. The smallest absolute Gasteiger partial charge is 0.0596 e. The Hall–Kier alpha value is -0.130. The minimum absolute atomic E-state index is 0.128. The van der Waals surface area contributed by atoms with E-state index in [1.165, 1.54) is 5.56 Å². The molecule has 1 heterocycles. The highest BCUT2D eigenvalue weighted by molar-refractivity contribution is 14.1.